The molecule has 0 aromatic heterocycles. The van der Waals surface area contributed by atoms with Crippen molar-refractivity contribution in [3.05, 3.63) is 47.5 Å². The molecule has 2 amide bonds. The largest absolute Gasteiger partial charge is 0.445 e. The molecular weight excluding hydrogens is 296 g/mol. The number of carbonyl (C=O) groups excluding carboxylic acids is 3. The van der Waals surface area contributed by atoms with Crippen LogP contribution in [0.3, 0.4) is 0 Å². The van der Waals surface area contributed by atoms with Gasteiger partial charge in [-0.25, -0.2) is 4.79 Å². The lowest BCUT2D eigenvalue weighted by Gasteiger charge is -2.12. The Kier molecular flexibility index (Phi) is 7.53. The Morgan fingerprint density at radius 1 is 1.17 bits per heavy atom. The number of ether oxygens (including phenoxy) is 1. The number of benzene rings is 1. The molecule has 0 radical (unpaired) electrons. The molecule has 0 aliphatic heterocycles. The summed E-state index contributed by atoms with van der Waals surface area (Å²) in [5.41, 5.74) is 1.71. The van der Waals surface area contributed by atoms with Crippen molar-refractivity contribution in [2.45, 2.75) is 33.4 Å². The Bertz CT molecular complexity index is 578. The standard InChI is InChI=1S/C17H22N2O4/c1-12(2)9-15(20)13(3)19-16(21)10-18-17(22)23-11-14-7-5-4-6-8-14/h4-9,13H,10-11H2,1-3H3,(H,18,22)(H,19,21)/t13-/m0/s1. The van der Waals surface area contributed by atoms with Gasteiger partial charge in [-0.05, 0) is 32.4 Å². The third-order valence-corrected chi connectivity index (χ3v) is 2.84. The average Bonchev–Trinajstić information content (AvgIpc) is 2.51. The van der Waals surface area contributed by atoms with E-state index < -0.39 is 18.0 Å². The van der Waals surface area contributed by atoms with Crippen molar-refractivity contribution < 1.29 is 19.1 Å². The van der Waals surface area contributed by atoms with E-state index in [-0.39, 0.29) is 18.9 Å². The summed E-state index contributed by atoms with van der Waals surface area (Å²) in [4.78, 5) is 34.8. The molecule has 124 valence electrons. The second kappa shape index (κ2) is 9.40. The summed E-state index contributed by atoms with van der Waals surface area (Å²) < 4.78 is 4.98. The minimum atomic E-state index is -0.688. The lowest BCUT2D eigenvalue weighted by molar-refractivity contribution is -0.124. The third kappa shape index (κ3) is 7.80. The lowest BCUT2D eigenvalue weighted by atomic mass is 10.1. The summed E-state index contributed by atoms with van der Waals surface area (Å²) in [7, 11) is 0. The number of allylic oxidation sites excluding steroid dienone is 1. The first-order chi connectivity index (χ1) is 10.9. The van der Waals surface area contributed by atoms with Gasteiger partial charge < -0.3 is 15.4 Å². The van der Waals surface area contributed by atoms with E-state index in [0.29, 0.717) is 0 Å². The van der Waals surface area contributed by atoms with Gasteiger partial charge >= 0.3 is 6.09 Å². The maximum Gasteiger partial charge on any atom is 0.407 e. The molecule has 6 nitrogen and oxygen atoms in total. The topological polar surface area (TPSA) is 84.5 Å². The van der Waals surface area contributed by atoms with Crippen molar-refractivity contribution >= 4 is 17.8 Å². The molecule has 0 unspecified atom stereocenters. The van der Waals surface area contributed by atoms with E-state index in [4.69, 9.17) is 4.74 Å². The zero-order valence-electron chi connectivity index (χ0n) is 13.6. The highest BCUT2D eigenvalue weighted by atomic mass is 16.5. The quantitative estimate of drug-likeness (QED) is 0.753. The SMILES string of the molecule is CC(C)=CC(=O)[C@H](C)NC(=O)CNC(=O)OCc1ccccc1. The molecule has 0 fully saturated rings. The fraction of sp³-hybridized carbons (Fsp3) is 0.353. The molecule has 0 bridgehead atoms. The van der Waals surface area contributed by atoms with E-state index in [9.17, 15) is 14.4 Å². The molecule has 1 aromatic rings. The Morgan fingerprint density at radius 2 is 1.83 bits per heavy atom. The predicted octanol–water partition coefficient (Wildman–Crippen LogP) is 1.95. The maximum atomic E-state index is 11.7. The van der Waals surface area contributed by atoms with Crippen molar-refractivity contribution in [3.8, 4) is 0 Å². The second-order valence-corrected chi connectivity index (χ2v) is 5.33. The maximum absolute atomic E-state index is 11.7. The van der Waals surface area contributed by atoms with Crippen LogP contribution < -0.4 is 10.6 Å². The van der Waals surface area contributed by atoms with Crippen molar-refractivity contribution in [1.29, 1.82) is 0 Å². The average molecular weight is 318 g/mol. The number of amides is 2. The smallest absolute Gasteiger partial charge is 0.407 e. The fourth-order valence-electron chi connectivity index (χ4n) is 1.70. The van der Waals surface area contributed by atoms with Gasteiger partial charge in [-0.15, -0.1) is 0 Å². The molecule has 0 spiro atoms. The van der Waals surface area contributed by atoms with E-state index >= 15 is 0 Å². The summed E-state index contributed by atoms with van der Waals surface area (Å²) in [6.45, 7) is 5.07. The molecule has 1 aromatic carbocycles. The van der Waals surface area contributed by atoms with Crippen LogP contribution in [0.25, 0.3) is 0 Å². The van der Waals surface area contributed by atoms with Gasteiger partial charge in [0.2, 0.25) is 5.91 Å². The van der Waals surface area contributed by atoms with Crippen LogP contribution in [-0.2, 0) is 20.9 Å². The van der Waals surface area contributed by atoms with E-state index in [2.05, 4.69) is 10.6 Å². The van der Waals surface area contributed by atoms with Crippen LogP contribution in [0.15, 0.2) is 42.0 Å². The van der Waals surface area contributed by atoms with E-state index in [1.54, 1.807) is 20.8 Å². The van der Waals surface area contributed by atoms with Crippen molar-refractivity contribution in [1.82, 2.24) is 10.6 Å². The molecule has 1 rings (SSSR count). The first-order valence-electron chi connectivity index (χ1n) is 7.31. The highest BCUT2D eigenvalue weighted by Crippen LogP contribution is 2.00. The first kappa shape index (κ1) is 18.4. The minimum Gasteiger partial charge on any atom is -0.445 e. The molecule has 0 aliphatic rings. The van der Waals surface area contributed by atoms with Crippen LogP contribution >= 0.6 is 0 Å². The van der Waals surface area contributed by atoms with Crippen molar-refractivity contribution in [3.63, 3.8) is 0 Å². The molecule has 1 atom stereocenters. The molecule has 23 heavy (non-hydrogen) atoms. The number of alkyl carbamates (subject to hydrolysis) is 1. The van der Waals surface area contributed by atoms with Gasteiger partial charge in [-0.2, -0.15) is 0 Å². The number of carbonyl (C=O) groups is 3. The summed E-state index contributed by atoms with van der Waals surface area (Å²) in [5.74, 6) is -0.644. The Morgan fingerprint density at radius 3 is 2.43 bits per heavy atom. The van der Waals surface area contributed by atoms with Crippen LogP contribution in [0.1, 0.15) is 26.3 Å². The zero-order valence-corrected chi connectivity index (χ0v) is 13.6. The van der Waals surface area contributed by atoms with Crippen LogP contribution in [-0.4, -0.2) is 30.4 Å². The van der Waals surface area contributed by atoms with Gasteiger partial charge in [-0.3, -0.25) is 9.59 Å². The molecule has 6 heteroatoms. The third-order valence-electron chi connectivity index (χ3n) is 2.84. The van der Waals surface area contributed by atoms with E-state index in [1.165, 1.54) is 6.08 Å². The highest BCUT2D eigenvalue weighted by molar-refractivity contribution is 5.97. The predicted molar refractivity (Wildman–Crippen MR) is 86.7 cm³/mol. The summed E-state index contributed by atoms with van der Waals surface area (Å²) in [6.07, 6.45) is 0.777. The molecule has 0 saturated carbocycles. The zero-order chi connectivity index (χ0) is 17.2. The normalized spacial score (nSPS) is 11.1. The highest BCUT2D eigenvalue weighted by Gasteiger charge is 2.14. The van der Waals surface area contributed by atoms with Crippen molar-refractivity contribution in [2.24, 2.45) is 0 Å². The van der Waals surface area contributed by atoms with Gasteiger partial charge in [0.25, 0.3) is 0 Å². The van der Waals surface area contributed by atoms with Gasteiger partial charge in [0, 0.05) is 0 Å². The minimum absolute atomic E-state index is 0.129. The number of ketones is 1. The molecular formula is C17H22N2O4. The van der Waals surface area contributed by atoms with Gasteiger partial charge in [0.1, 0.15) is 13.2 Å². The Hall–Kier alpha value is -2.63. The number of hydrogen-bond acceptors (Lipinski definition) is 4. The summed E-state index contributed by atoms with van der Waals surface area (Å²) >= 11 is 0. The van der Waals surface area contributed by atoms with Crippen LogP contribution in [0, 0.1) is 0 Å². The van der Waals surface area contributed by atoms with Crippen LogP contribution in [0.5, 0.6) is 0 Å². The fourth-order valence-corrected chi connectivity index (χ4v) is 1.70. The van der Waals surface area contributed by atoms with Gasteiger partial charge in [0.15, 0.2) is 5.78 Å². The molecule has 0 saturated heterocycles. The monoisotopic (exact) mass is 318 g/mol. The van der Waals surface area contributed by atoms with Crippen LogP contribution in [0.4, 0.5) is 4.79 Å². The van der Waals surface area contributed by atoms with E-state index in [1.807, 2.05) is 30.3 Å². The Labute approximate surface area is 135 Å². The summed E-state index contributed by atoms with van der Waals surface area (Å²) in [6, 6.07) is 8.57. The van der Waals surface area contributed by atoms with Gasteiger partial charge in [-0.1, -0.05) is 35.9 Å². The molecule has 0 aliphatic carbocycles. The van der Waals surface area contributed by atoms with E-state index in [0.717, 1.165) is 11.1 Å². The first-order valence-corrected chi connectivity index (χ1v) is 7.31. The summed E-state index contributed by atoms with van der Waals surface area (Å²) in [5, 5.41) is 4.85. The number of rotatable bonds is 7. The second-order valence-electron chi connectivity index (χ2n) is 5.33. The number of nitrogens with one attached hydrogen (secondary N) is 2. The van der Waals surface area contributed by atoms with Crippen molar-refractivity contribution in [2.75, 3.05) is 6.54 Å². The number of hydrogen-bond donors (Lipinski definition) is 2. The van der Waals surface area contributed by atoms with Gasteiger partial charge in [0.05, 0.1) is 6.04 Å². The molecule has 2 N–H and O–H groups in total. The Balaban J connectivity index is 2.28. The lowest BCUT2D eigenvalue weighted by Crippen LogP contribution is -2.43. The molecule has 0 heterocycles. The van der Waals surface area contributed by atoms with Crippen LogP contribution in [0.2, 0.25) is 0 Å².